The molecule has 0 aliphatic heterocycles. The number of aryl methyl sites for hydroxylation is 1. The normalized spacial score (nSPS) is 10.8. The predicted molar refractivity (Wildman–Crippen MR) is 104 cm³/mol. The fraction of sp³-hybridized carbons (Fsp3) is 0.0526. The van der Waals surface area contributed by atoms with Gasteiger partial charge in [-0.2, -0.15) is 5.10 Å². The Bertz CT molecular complexity index is 900. The monoisotopic (exact) mass is 396 g/mol. The molecule has 0 saturated heterocycles. The third-order valence-corrected chi connectivity index (χ3v) is 4.17. The molecule has 3 rings (SSSR count). The first-order valence-corrected chi connectivity index (χ1v) is 8.52. The van der Waals surface area contributed by atoms with Gasteiger partial charge in [0.15, 0.2) is 0 Å². The molecular weight excluding hydrogens is 380 g/mol. The number of carbonyl (C=O) groups excluding carboxylic acids is 1. The minimum Gasteiger partial charge on any atom is -0.316 e. The second-order valence-electron chi connectivity index (χ2n) is 5.42. The number of halogens is 1. The number of nitrogens with zero attached hydrogens (tertiary/aromatic N) is 2. The molecule has 2 N–H and O–H groups in total. The number of carbonyl (C=O) groups is 1. The second kappa shape index (κ2) is 7.81. The van der Waals surface area contributed by atoms with Gasteiger partial charge in [0.2, 0.25) is 0 Å². The lowest BCUT2D eigenvalue weighted by atomic mass is 10.2. The highest BCUT2D eigenvalue weighted by molar-refractivity contribution is 9.10. The standard InChI is InChI=1S/C19H17BrN4O/c1-14-5-2-3-7-18(14)22-19(25)23-21-13-17-6-4-12-24(17)16-10-8-15(20)9-11-16/h2-13H,1H3,(H2,22,23,25). The van der Waals surface area contributed by atoms with Crippen molar-refractivity contribution in [1.29, 1.82) is 0 Å². The van der Waals surface area contributed by atoms with E-state index < -0.39 is 0 Å². The van der Waals surface area contributed by atoms with Crippen molar-refractivity contribution in [3.05, 3.63) is 82.6 Å². The van der Waals surface area contributed by atoms with E-state index in [2.05, 4.69) is 31.8 Å². The van der Waals surface area contributed by atoms with Crippen molar-refractivity contribution < 1.29 is 4.79 Å². The van der Waals surface area contributed by atoms with E-state index in [0.717, 1.165) is 27.1 Å². The van der Waals surface area contributed by atoms with E-state index in [1.165, 1.54) is 0 Å². The van der Waals surface area contributed by atoms with E-state index >= 15 is 0 Å². The summed E-state index contributed by atoms with van der Waals surface area (Å²) in [6.07, 6.45) is 3.55. The van der Waals surface area contributed by atoms with E-state index in [0.29, 0.717) is 0 Å². The van der Waals surface area contributed by atoms with Crippen LogP contribution in [0.1, 0.15) is 11.3 Å². The van der Waals surface area contributed by atoms with Crippen LogP contribution in [0.15, 0.2) is 76.4 Å². The van der Waals surface area contributed by atoms with E-state index in [-0.39, 0.29) is 6.03 Å². The maximum atomic E-state index is 11.9. The van der Waals surface area contributed by atoms with Crippen molar-refractivity contribution in [3.8, 4) is 5.69 Å². The minimum atomic E-state index is -0.382. The summed E-state index contributed by atoms with van der Waals surface area (Å²) in [4.78, 5) is 11.9. The summed E-state index contributed by atoms with van der Waals surface area (Å²) in [5.41, 5.74) is 6.10. The van der Waals surface area contributed by atoms with Gasteiger partial charge in [-0.05, 0) is 55.0 Å². The van der Waals surface area contributed by atoms with Crippen molar-refractivity contribution in [1.82, 2.24) is 9.99 Å². The number of hydrogen-bond acceptors (Lipinski definition) is 2. The third-order valence-electron chi connectivity index (χ3n) is 3.64. The van der Waals surface area contributed by atoms with Gasteiger partial charge in [-0.25, -0.2) is 10.2 Å². The van der Waals surface area contributed by atoms with Crippen LogP contribution >= 0.6 is 15.9 Å². The number of aromatic nitrogens is 1. The predicted octanol–water partition coefficient (Wildman–Crippen LogP) is 4.70. The average Bonchev–Trinajstić information content (AvgIpc) is 3.06. The van der Waals surface area contributed by atoms with Crippen LogP contribution in [0.3, 0.4) is 0 Å². The molecule has 0 aliphatic rings. The van der Waals surface area contributed by atoms with Crippen LogP contribution in [0.25, 0.3) is 5.69 Å². The Morgan fingerprint density at radius 3 is 2.60 bits per heavy atom. The molecule has 5 nitrogen and oxygen atoms in total. The molecule has 0 aliphatic carbocycles. The highest BCUT2D eigenvalue weighted by Gasteiger charge is 2.03. The lowest BCUT2D eigenvalue weighted by Crippen LogP contribution is -2.24. The van der Waals surface area contributed by atoms with E-state index in [4.69, 9.17) is 0 Å². The lowest BCUT2D eigenvalue weighted by Gasteiger charge is -2.07. The summed E-state index contributed by atoms with van der Waals surface area (Å²) in [6.45, 7) is 1.93. The molecule has 25 heavy (non-hydrogen) atoms. The fourth-order valence-corrected chi connectivity index (χ4v) is 2.62. The Hall–Kier alpha value is -2.86. The number of para-hydroxylation sites is 1. The number of urea groups is 1. The molecule has 1 heterocycles. The number of amides is 2. The Labute approximate surface area is 154 Å². The van der Waals surface area contributed by atoms with Crippen molar-refractivity contribution >= 4 is 33.9 Å². The van der Waals surface area contributed by atoms with Crippen LogP contribution < -0.4 is 10.7 Å². The number of hydrogen-bond donors (Lipinski definition) is 2. The SMILES string of the molecule is Cc1ccccc1NC(=O)NN=Cc1cccn1-c1ccc(Br)cc1. The van der Waals surface area contributed by atoms with E-state index in [9.17, 15) is 4.79 Å². The van der Waals surface area contributed by atoms with Crippen molar-refractivity contribution in [2.45, 2.75) is 6.92 Å². The molecule has 6 heteroatoms. The van der Waals surface area contributed by atoms with Crippen LogP contribution in [0.2, 0.25) is 0 Å². The fourth-order valence-electron chi connectivity index (χ4n) is 2.36. The van der Waals surface area contributed by atoms with Gasteiger partial charge < -0.3 is 9.88 Å². The Morgan fingerprint density at radius 2 is 1.84 bits per heavy atom. The van der Waals surface area contributed by atoms with Gasteiger partial charge in [0, 0.05) is 22.0 Å². The molecule has 126 valence electrons. The summed E-state index contributed by atoms with van der Waals surface area (Å²) >= 11 is 3.43. The molecule has 0 bridgehead atoms. The van der Waals surface area contributed by atoms with Crippen molar-refractivity contribution in [3.63, 3.8) is 0 Å². The smallest absolute Gasteiger partial charge is 0.316 e. The second-order valence-corrected chi connectivity index (χ2v) is 6.33. The number of rotatable bonds is 4. The molecule has 0 saturated carbocycles. The molecule has 0 spiro atoms. The molecule has 0 unspecified atom stereocenters. The van der Waals surface area contributed by atoms with E-state index in [1.807, 2.05) is 78.4 Å². The average molecular weight is 397 g/mol. The maximum Gasteiger partial charge on any atom is 0.339 e. The molecule has 2 aromatic carbocycles. The van der Waals surface area contributed by atoms with Gasteiger partial charge in [-0.3, -0.25) is 0 Å². The minimum absolute atomic E-state index is 0.382. The van der Waals surface area contributed by atoms with Crippen molar-refractivity contribution in [2.24, 2.45) is 5.10 Å². The van der Waals surface area contributed by atoms with Gasteiger partial charge in [0.05, 0.1) is 11.9 Å². The first kappa shape index (κ1) is 17.0. The molecule has 0 atom stereocenters. The van der Waals surface area contributed by atoms with Crippen LogP contribution in [-0.4, -0.2) is 16.8 Å². The quantitative estimate of drug-likeness (QED) is 0.487. The largest absolute Gasteiger partial charge is 0.339 e. The number of benzene rings is 2. The Kier molecular flexibility index (Phi) is 5.30. The summed E-state index contributed by atoms with van der Waals surface area (Å²) in [7, 11) is 0. The van der Waals surface area contributed by atoms with Crippen LogP contribution in [-0.2, 0) is 0 Å². The highest BCUT2D eigenvalue weighted by atomic mass is 79.9. The molecular formula is C19H17BrN4O. The molecule has 2 amide bonds. The first-order valence-electron chi connectivity index (χ1n) is 7.72. The molecule has 0 radical (unpaired) electrons. The molecule has 1 aromatic heterocycles. The summed E-state index contributed by atoms with van der Waals surface area (Å²) in [6, 6.07) is 19.0. The van der Waals surface area contributed by atoms with Gasteiger partial charge in [0.1, 0.15) is 0 Å². The van der Waals surface area contributed by atoms with Gasteiger partial charge in [0.25, 0.3) is 0 Å². The first-order chi connectivity index (χ1) is 12.1. The van der Waals surface area contributed by atoms with Crippen molar-refractivity contribution in [2.75, 3.05) is 5.32 Å². The highest BCUT2D eigenvalue weighted by Crippen LogP contribution is 2.16. The van der Waals surface area contributed by atoms with Crippen LogP contribution in [0.4, 0.5) is 10.5 Å². The molecule has 0 fully saturated rings. The zero-order valence-corrected chi connectivity index (χ0v) is 15.2. The van der Waals surface area contributed by atoms with Crippen LogP contribution in [0.5, 0.6) is 0 Å². The van der Waals surface area contributed by atoms with Gasteiger partial charge in [-0.15, -0.1) is 0 Å². The summed E-state index contributed by atoms with van der Waals surface area (Å²) < 4.78 is 3.00. The summed E-state index contributed by atoms with van der Waals surface area (Å²) in [5, 5.41) is 6.79. The summed E-state index contributed by atoms with van der Waals surface area (Å²) in [5.74, 6) is 0. The Morgan fingerprint density at radius 1 is 1.08 bits per heavy atom. The maximum absolute atomic E-state index is 11.9. The zero-order chi connectivity index (χ0) is 17.6. The topological polar surface area (TPSA) is 58.4 Å². The zero-order valence-electron chi connectivity index (χ0n) is 13.6. The van der Waals surface area contributed by atoms with Crippen LogP contribution in [0, 0.1) is 6.92 Å². The Balaban J connectivity index is 1.65. The molecule has 3 aromatic rings. The van der Waals surface area contributed by atoms with E-state index in [1.54, 1.807) is 6.21 Å². The third kappa shape index (κ3) is 4.36. The van der Waals surface area contributed by atoms with Gasteiger partial charge in [-0.1, -0.05) is 34.1 Å². The number of nitrogens with one attached hydrogen (secondary N) is 2. The number of anilines is 1. The lowest BCUT2D eigenvalue weighted by molar-refractivity contribution is 0.252. The number of hydrazone groups is 1. The van der Waals surface area contributed by atoms with Gasteiger partial charge >= 0.3 is 6.03 Å².